The number of pyridine rings is 1. The molecule has 7 rings (SSSR count). The quantitative estimate of drug-likeness (QED) is 0.289. The second-order valence-corrected chi connectivity index (χ2v) is 11.9. The molecule has 0 bridgehead atoms. The number of fused-ring (bicyclic) bond motifs is 1. The maximum atomic E-state index is 15.8. The van der Waals surface area contributed by atoms with Crippen molar-refractivity contribution in [3.05, 3.63) is 82.9 Å². The molecule has 0 radical (unpaired) electrons. The molecule has 224 valence electrons. The molecule has 5 heterocycles. The number of carbonyl (C=O) groups is 1. The number of nitrogen functional groups attached to an aromatic ring is 1. The van der Waals surface area contributed by atoms with E-state index in [0.29, 0.717) is 29.0 Å². The van der Waals surface area contributed by atoms with Crippen LogP contribution in [0.5, 0.6) is 5.75 Å². The molecule has 3 aliphatic rings. The number of primary amides is 1. The van der Waals surface area contributed by atoms with Gasteiger partial charge in [-0.2, -0.15) is 5.10 Å². The highest BCUT2D eigenvalue weighted by molar-refractivity contribution is 5.99. The Morgan fingerprint density at radius 3 is 2.42 bits per heavy atom. The number of anilines is 1. The SMILES string of the molecule is COc1ccc(F)c(C(c2ccccc2)c2nccc3c2c(N)nn3C2CCN(C3CN(C4CNC4)C3)CC2)c1C(N)=O. The second kappa shape index (κ2) is 11.2. The van der Waals surface area contributed by atoms with Crippen molar-refractivity contribution in [1.82, 2.24) is 29.9 Å². The number of ether oxygens (including phenoxy) is 1. The zero-order chi connectivity index (χ0) is 29.7. The molecule has 11 heteroatoms. The number of likely N-dealkylation sites (tertiary alicyclic amines) is 2. The summed E-state index contributed by atoms with van der Waals surface area (Å²) in [6.45, 7) is 6.54. The van der Waals surface area contributed by atoms with E-state index in [1.165, 1.54) is 19.2 Å². The van der Waals surface area contributed by atoms with Gasteiger partial charge in [0.05, 0.1) is 41.2 Å². The van der Waals surface area contributed by atoms with Crippen LogP contribution >= 0.6 is 0 Å². The maximum Gasteiger partial charge on any atom is 0.252 e. The van der Waals surface area contributed by atoms with Gasteiger partial charge in [0.15, 0.2) is 5.82 Å². The Morgan fingerprint density at radius 1 is 1.02 bits per heavy atom. The number of piperidine rings is 1. The molecular weight excluding hydrogens is 547 g/mol. The molecule has 0 spiro atoms. The van der Waals surface area contributed by atoms with Crippen LogP contribution in [-0.4, -0.2) is 88.9 Å². The number of halogens is 1. The fraction of sp³-hybridized carbons (Fsp3) is 0.406. The predicted molar refractivity (Wildman–Crippen MR) is 163 cm³/mol. The van der Waals surface area contributed by atoms with Crippen molar-refractivity contribution in [3.8, 4) is 5.75 Å². The van der Waals surface area contributed by atoms with Crippen molar-refractivity contribution in [2.24, 2.45) is 5.73 Å². The van der Waals surface area contributed by atoms with Gasteiger partial charge in [-0.1, -0.05) is 30.3 Å². The average Bonchev–Trinajstić information content (AvgIpc) is 3.32. The van der Waals surface area contributed by atoms with Gasteiger partial charge in [-0.05, 0) is 36.6 Å². The van der Waals surface area contributed by atoms with E-state index in [1.54, 1.807) is 6.20 Å². The highest BCUT2D eigenvalue weighted by Crippen LogP contribution is 2.42. The molecule has 1 atom stereocenters. The summed E-state index contributed by atoms with van der Waals surface area (Å²) in [6, 6.07) is 15.5. The first-order chi connectivity index (χ1) is 20.9. The van der Waals surface area contributed by atoms with Crippen molar-refractivity contribution in [2.45, 2.75) is 36.9 Å². The molecule has 0 aliphatic carbocycles. The highest BCUT2D eigenvalue weighted by atomic mass is 19.1. The van der Waals surface area contributed by atoms with Crippen molar-refractivity contribution in [2.75, 3.05) is 52.1 Å². The van der Waals surface area contributed by atoms with E-state index < -0.39 is 17.6 Å². The summed E-state index contributed by atoms with van der Waals surface area (Å²) in [6.07, 6.45) is 3.64. The van der Waals surface area contributed by atoms with Gasteiger partial charge in [0, 0.05) is 63.1 Å². The van der Waals surface area contributed by atoms with Crippen LogP contribution in [0.3, 0.4) is 0 Å². The Balaban J connectivity index is 1.24. The van der Waals surface area contributed by atoms with Crippen LogP contribution in [0.15, 0.2) is 54.7 Å². The van der Waals surface area contributed by atoms with E-state index in [4.69, 9.17) is 26.3 Å². The molecule has 5 N–H and O–H groups in total. The molecule has 3 fully saturated rings. The number of hydrogen-bond acceptors (Lipinski definition) is 8. The number of carbonyl (C=O) groups excluding carboxylic acids is 1. The standard InChI is InChI=1S/C32H37FN8O2/c1-43-25-8-7-23(33)27(29(25)32(35)42)26(19-5-3-2-4-6-19)30-28-24(9-12-37-30)41(38-31(28)34)20-10-13-39(14-11-20)22-17-40(18-22)21-15-36-16-21/h2-9,12,20-22,26,36H,10-11,13-18H2,1H3,(H2,34,38)(H2,35,42). The number of nitrogens with one attached hydrogen (secondary N) is 1. The van der Waals surface area contributed by atoms with Gasteiger partial charge in [-0.15, -0.1) is 0 Å². The molecule has 10 nitrogen and oxygen atoms in total. The van der Waals surface area contributed by atoms with E-state index in [-0.39, 0.29) is 22.9 Å². The summed E-state index contributed by atoms with van der Waals surface area (Å²) in [7, 11) is 1.43. The van der Waals surface area contributed by atoms with Gasteiger partial charge in [0.1, 0.15) is 11.6 Å². The van der Waals surface area contributed by atoms with E-state index >= 15 is 4.39 Å². The molecule has 2 aromatic heterocycles. The third-order valence-corrected chi connectivity index (χ3v) is 9.52. The summed E-state index contributed by atoms with van der Waals surface area (Å²) in [5.74, 6) is -1.62. The number of rotatable bonds is 8. The van der Waals surface area contributed by atoms with Crippen LogP contribution in [0.4, 0.5) is 10.2 Å². The smallest absolute Gasteiger partial charge is 0.252 e. The topological polar surface area (TPSA) is 128 Å². The molecule has 3 aliphatic heterocycles. The summed E-state index contributed by atoms with van der Waals surface area (Å²) in [4.78, 5) is 22.7. The van der Waals surface area contributed by atoms with E-state index in [0.717, 1.165) is 63.2 Å². The van der Waals surface area contributed by atoms with E-state index in [9.17, 15) is 4.79 Å². The second-order valence-electron chi connectivity index (χ2n) is 11.9. The molecule has 1 unspecified atom stereocenters. The fourth-order valence-corrected chi connectivity index (χ4v) is 7.07. The fourth-order valence-electron chi connectivity index (χ4n) is 7.07. The van der Waals surface area contributed by atoms with Gasteiger partial charge >= 0.3 is 0 Å². The van der Waals surface area contributed by atoms with Crippen LogP contribution in [0.2, 0.25) is 0 Å². The molecule has 3 saturated heterocycles. The van der Waals surface area contributed by atoms with Crippen LogP contribution in [0.1, 0.15) is 52.0 Å². The minimum Gasteiger partial charge on any atom is -0.496 e. The molecular formula is C32H37FN8O2. The van der Waals surface area contributed by atoms with Crippen LogP contribution in [0, 0.1) is 5.82 Å². The molecule has 1 amide bonds. The van der Waals surface area contributed by atoms with Crippen molar-refractivity contribution in [1.29, 1.82) is 0 Å². The van der Waals surface area contributed by atoms with Gasteiger partial charge in [-0.25, -0.2) is 4.39 Å². The Labute approximate surface area is 249 Å². The number of benzene rings is 2. The number of amides is 1. The molecule has 2 aromatic carbocycles. The average molecular weight is 585 g/mol. The normalized spacial score (nSPS) is 19.7. The predicted octanol–water partition coefficient (Wildman–Crippen LogP) is 2.73. The Hall–Kier alpha value is -4.06. The molecule has 0 saturated carbocycles. The van der Waals surface area contributed by atoms with Crippen LogP contribution in [-0.2, 0) is 0 Å². The Morgan fingerprint density at radius 2 is 1.77 bits per heavy atom. The van der Waals surface area contributed by atoms with E-state index in [2.05, 4.69) is 15.1 Å². The Bertz CT molecular complexity index is 1640. The minimum atomic E-state index is -0.784. The van der Waals surface area contributed by atoms with Gasteiger partial charge in [-0.3, -0.25) is 24.3 Å². The maximum absolute atomic E-state index is 15.8. The summed E-state index contributed by atoms with van der Waals surface area (Å²) < 4.78 is 23.3. The third kappa shape index (κ3) is 4.81. The molecule has 4 aromatic rings. The number of nitrogens with two attached hydrogens (primary N) is 2. The minimum absolute atomic E-state index is 0.0170. The monoisotopic (exact) mass is 584 g/mol. The number of methoxy groups -OCH3 is 1. The first-order valence-electron chi connectivity index (χ1n) is 15.0. The van der Waals surface area contributed by atoms with Gasteiger partial charge < -0.3 is 21.5 Å². The van der Waals surface area contributed by atoms with Crippen LogP contribution < -0.4 is 21.5 Å². The summed E-state index contributed by atoms with van der Waals surface area (Å²) >= 11 is 0. The molecule has 43 heavy (non-hydrogen) atoms. The van der Waals surface area contributed by atoms with Crippen molar-refractivity contribution in [3.63, 3.8) is 0 Å². The summed E-state index contributed by atoms with van der Waals surface area (Å²) in [5, 5.41) is 8.84. The first-order valence-corrected chi connectivity index (χ1v) is 15.0. The lowest BCUT2D eigenvalue weighted by Gasteiger charge is -2.52. The lowest BCUT2D eigenvalue weighted by molar-refractivity contribution is -0.0217. The van der Waals surface area contributed by atoms with Crippen molar-refractivity contribution < 1.29 is 13.9 Å². The number of nitrogens with zero attached hydrogens (tertiary/aromatic N) is 5. The number of hydrogen-bond donors (Lipinski definition) is 3. The Kier molecular flexibility index (Phi) is 7.24. The largest absolute Gasteiger partial charge is 0.496 e. The zero-order valence-electron chi connectivity index (χ0n) is 24.2. The first kappa shape index (κ1) is 27.8. The lowest BCUT2D eigenvalue weighted by atomic mass is 9.83. The van der Waals surface area contributed by atoms with Crippen molar-refractivity contribution >= 4 is 22.6 Å². The van der Waals surface area contributed by atoms with Gasteiger partial charge in [0.2, 0.25) is 0 Å². The van der Waals surface area contributed by atoms with Crippen LogP contribution in [0.25, 0.3) is 10.9 Å². The highest BCUT2D eigenvalue weighted by Gasteiger charge is 2.39. The number of aromatic nitrogens is 3. The third-order valence-electron chi connectivity index (χ3n) is 9.52. The zero-order valence-corrected chi connectivity index (χ0v) is 24.2. The lowest BCUT2D eigenvalue weighted by Crippen LogP contribution is -2.69. The summed E-state index contributed by atoms with van der Waals surface area (Å²) in [5.41, 5.74) is 14.6. The van der Waals surface area contributed by atoms with E-state index in [1.807, 2.05) is 41.1 Å². The van der Waals surface area contributed by atoms with Gasteiger partial charge in [0.25, 0.3) is 5.91 Å².